The van der Waals surface area contributed by atoms with Crippen LogP contribution in [0.4, 0.5) is 5.82 Å². The average Bonchev–Trinajstić information content (AvgIpc) is 2.36. The third-order valence-corrected chi connectivity index (χ3v) is 3.32. The van der Waals surface area contributed by atoms with E-state index in [0.717, 1.165) is 24.5 Å². The van der Waals surface area contributed by atoms with Crippen LogP contribution < -0.4 is 11.3 Å². The average molecular weight is 216 g/mol. The Morgan fingerprint density at radius 1 is 1.69 bits per heavy atom. The highest BCUT2D eigenvalue weighted by Crippen LogP contribution is 2.28. The third-order valence-electron chi connectivity index (χ3n) is 3.32. The maximum Gasteiger partial charge on any atom is 0.158 e. The largest absolute Gasteiger partial charge is 0.307 e. The molecule has 1 heterocycles. The number of hydrogen-bond donors (Lipinski definition) is 2. The molecule has 0 fully saturated rings. The van der Waals surface area contributed by atoms with Gasteiger partial charge in [0.2, 0.25) is 0 Å². The lowest BCUT2D eigenvalue weighted by Crippen LogP contribution is -2.18. The fourth-order valence-corrected chi connectivity index (χ4v) is 2.28. The minimum Gasteiger partial charge on any atom is -0.307 e. The first kappa shape index (κ1) is 10.9. The van der Waals surface area contributed by atoms with Crippen LogP contribution in [0.3, 0.4) is 0 Å². The lowest BCUT2D eigenvalue weighted by atomic mass is 9.84. The third kappa shape index (κ3) is 1.86. The molecule has 0 spiro atoms. The highest BCUT2D eigenvalue weighted by atomic mass is 15.2. The molecule has 1 aliphatic rings. The van der Waals surface area contributed by atoms with Crippen molar-refractivity contribution in [2.45, 2.75) is 32.6 Å². The van der Waals surface area contributed by atoms with Crippen molar-refractivity contribution in [3.8, 4) is 6.07 Å². The molecule has 84 valence electrons. The normalized spacial score (nSPS) is 18.7. The molecule has 4 heteroatoms. The van der Waals surface area contributed by atoms with Crippen molar-refractivity contribution >= 4 is 5.82 Å². The first-order chi connectivity index (χ1) is 7.78. The molecule has 0 aromatic carbocycles. The lowest BCUT2D eigenvalue weighted by molar-refractivity contribution is 0.440. The number of nitrogens with one attached hydrogen (secondary N) is 1. The maximum absolute atomic E-state index is 8.99. The van der Waals surface area contributed by atoms with Crippen LogP contribution in [0.2, 0.25) is 0 Å². The van der Waals surface area contributed by atoms with Crippen LogP contribution >= 0.6 is 0 Å². The van der Waals surface area contributed by atoms with Gasteiger partial charge in [0.1, 0.15) is 6.07 Å². The molecule has 1 aromatic heterocycles. The number of nitrogens with zero attached hydrogens (tertiary/aromatic N) is 2. The van der Waals surface area contributed by atoms with Crippen molar-refractivity contribution in [2.75, 3.05) is 5.43 Å². The summed E-state index contributed by atoms with van der Waals surface area (Å²) in [5.74, 6) is 6.58. The maximum atomic E-state index is 8.99. The molecule has 0 amide bonds. The van der Waals surface area contributed by atoms with Crippen molar-refractivity contribution in [1.82, 2.24) is 4.98 Å². The number of rotatable bonds is 2. The van der Waals surface area contributed by atoms with Gasteiger partial charge >= 0.3 is 0 Å². The van der Waals surface area contributed by atoms with Gasteiger partial charge in [-0.2, -0.15) is 5.26 Å². The van der Waals surface area contributed by atoms with Gasteiger partial charge in [0, 0.05) is 5.69 Å². The van der Waals surface area contributed by atoms with E-state index < -0.39 is 0 Å². The van der Waals surface area contributed by atoms with Gasteiger partial charge in [0.25, 0.3) is 0 Å². The fourth-order valence-electron chi connectivity index (χ4n) is 2.28. The van der Waals surface area contributed by atoms with Gasteiger partial charge in [0.15, 0.2) is 5.82 Å². The summed E-state index contributed by atoms with van der Waals surface area (Å²) < 4.78 is 0. The summed E-state index contributed by atoms with van der Waals surface area (Å²) in [6, 6.07) is 4.05. The van der Waals surface area contributed by atoms with E-state index in [-0.39, 0.29) is 0 Å². The summed E-state index contributed by atoms with van der Waals surface area (Å²) in [5, 5.41) is 8.99. The number of nitrogens with two attached hydrogens (primary N) is 1. The number of fused-ring (bicyclic) bond motifs is 1. The van der Waals surface area contributed by atoms with Gasteiger partial charge in [-0.15, -0.1) is 0 Å². The van der Waals surface area contributed by atoms with E-state index in [1.807, 2.05) is 6.07 Å². The van der Waals surface area contributed by atoms with Gasteiger partial charge < -0.3 is 5.43 Å². The fraction of sp³-hybridized carbons (Fsp3) is 0.500. The van der Waals surface area contributed by atoms with E-state index in [0.29, 0.717) is 11.4 Å². The van der Waals surface area contributed by atoms with E-state index in [2.05, 4.69) is 23.4 Å². The van der Waals surface area contributed by atoms with Gasteiger partial charge in [-0.1, -0.05) is 13.3 Å². The Morgan fingerprint density at radius 3 is 3.12 bits per heavy atom. The Bertz CT molecular complexity index is 433. The number of anilines is 1. The molecular formula is C12H16N4. The van der Waals surface area contributed by atoms with E-state index in [9.17, 15) is 0 Å². The molecule has 0 bridgehead atoms. The zero-order valence-electron chi connectivity index (χ0n) is 9.45. The molecule has 2 rings (SSSR count). The molecule has 0 aliphatic heterocycles. The minimum absolute atomic E-state index is 0.496. The quantitative estimate of drug-likeness (QED) is 0.583. The number of hydrogen-bond acceptors (Lipinski definition) is 4. The van der Waals surface area contributed by atoms with E-state index >= 15 is 0 Å². The highest BCUT2D eigenvalue weighted by molar-refractivity contribution is 5.54. The molecule has 1 unspecified atom stereocenters. The molecule has 1 aliphatic carbocycles. The number of hydrazine groups is 1. The standard InChI is InChI=1S/C12H16N4/c1-2-8-3-4-11-9(5-8)6-10(7-13)12(15-11)16-14/h6,8H,2-5,14H2,1H3,(H,15,16). The monoisotopic (exact) mass is 216 g/mol. The molecular weight excluding hydrogens is 200 g/mol. The summed E-state index contributed by atoms with van der Waals surface area (Å²) in [6.07, 6.45) is 4.41. The first-order valence-electron chi connectivity index (χ1n) is 5.68. The van der Waals surface area contributed by atoms with Crippen LogP contribution in [0, 0.1) is 17.2 Å². The van der Waals surface area contributed by atoms with Crippen molar-refractivity contribution < 1.29 is 0 Å². The number of nitriles is 1. The Kier molecular flexibility index (Phi) is 3.07. The molecule has 4 nitrogen and oxygen atoms in total. The Labute approximate surface area is 95.5 Å². The topological polar surface area (TPSA) is 74.7 Å². The van der Waals surface area contributed by atoms with Crippen molar-refractivity contribution in [1.29, 1.82) is 5.26 Å². The summed E-state index contributed by atoms with van der Waals surface area (Å²) in [5.41, 5.74) is 5.34. The summed E-state index contributed by atoms with van der Waals surface area (Å²) >= 11 is 0. The number of nitrogen functional groups attached to an aromatic ring is 1. The SMILES string of the molecule is CCC1CCc2nc(NN)c(C#N)cc2C1. The Balaban J connectivity index is 2.39. The predicted octanol–water partition coefficient (Wildman–Crippen LogP) is 1.75. The van der Waals surface area contributed by atoms with Crippen molar-refractivity contribution in [2.24, 2.45) is 11.8 Å². The molecule has 3 N–H and O–H groups in total. The Hall–Kier alpha value is -1.60. The summed E-state index contributed by atoms with van der Waals surface area (Å²) in [7, 11) is 0. The number of aryl methyl sites for hydroxylation is 1. The zero-order chi connectivity index (χ0) is 11.5. The van der Waals surface area contributed by atoms with E-state index in [4.69, 9.17) is 11.1 Å². The smallest absolute Gasteiger partial charge is 0.158 e. The van der Waals surface area contributed by atoms with Gasteiger partial charge in [-0.3, -0.25) is 0 Å². The number of aromatic nitrogens is 1. The molecule has 1 aromatic rings. The molecule has 0 saturated carbocycles. The predicted molar refractivity (Wildman–Crippen MR) is 62.6 cm³/mol. The second kappa shape index (κ2) is 4.50. The molecule has 1 atom stereocenters. The second-order valence-corrected chi connectivity index (χ2v) is 4.26. The van der Waals surface area contributed by atoms with E-state index in [1.54, 1.807) is 0 Å². The van der Waals surface area contributed by atoms with Crippen LogP contribution in [-0.2, 0) is 12.8 Å². The van der Waals surface area contributed by atoms with Crippen LogP contribution in [-0.4, -0.2) is 4.98 Å². The zero-order valence-corrected chi connectivity index (χ0v) is 9.45. The van der Waals surface area contributed by atoms with Crippen LogP contribution in [0.25, 0.3) is 0 Å². The molecule has 16 heavy (non-hydrogen) atoms. The van der Waals surface area contributed by atoms with Gasteiger partial charge in [-0.05, 0) is 36.8 Å². The molecule has 0 saturated heterocycles. The minimum atomic E-state index is 0.496. The Morgan fingerprint density at radius 2 is 2.50 bits per heavy atom. The lowest BCUT2D eigenvalue weighted by Gasteiger charge is -2.23. The second-order valence-electron chi connectivity index (χ2n) is 4.26. The summed E-state index contributed by atoms with van der Waals surface area (Å²) in [6.45, 7) is 2.21. The highest BCUT2D eigenvalue weighted by Gasteiger charge is 2.20. The van der Waals surface area contributed by atoms with Gasteiger partial charge in [-0.25, -0.2) is 10.8 Å². The van der Waals surface area contributed by atoms with Crippen LogP contribution in [0.15, 0.2) is 6.07 Å². The van der Waals surface area contributed by atoms with E-state index in [1.165, 1.54) is 18.4 Å². The summed E-state index contributed by atoms with van der Waals surface area (Å²) in [4.78, 5) is 4.41. The van der Waals surface area contributed by atoms with Crippen molar-refractivity contribution in [3.63, 3.8) is 0 Å². The van der Waals surface area contributed by atoms with Crippen LogP contribution in [0.5, 0.6) is 0 Å². The first-order valence-corrected chi connectivity index (χ1v) is 5.68. The van der Waals surface area contributed by atoms with Crippen LogP contribution in [0.1, 0.15) is 36.6 Å². The number of pyridine rings is 1. The van der Waals surface area contributed by atoms with Gasteiger partial charge in [0.05, 0.1) is 5.56 Å². The molecule has 0 radical (unpaired) electrons. The van der Waals surface area contributed by atoms with Crippen molar-refractivity contribution in [3.05, 3.63) is 22.9 Å².